The third-order valence-corrected chi connectivity index (χ3v) is 3.67. The van der Waals surface area contributed by atoms with Crippen LogP contribution in [0.5, 0.6) is 17.2 Å². The monoisotopic (exact) mass is 296 g/mol. The largest absolute Gasteiger partial charge is 0.493 e. The van der Waals surface area contributed by atoms with Gasteiger partial charge in [0.2, 0.25) is 5.75 Å². The molecule has 113 valence electrons. The molecule has 0 unspecified atom stereocenters. The van der Waals surface area contributed by atoms with E-state index in [2.05, 4.69) is 29.2 Å². The Kier molecular flexibility index (Phi) is 3.92. The van der Waals surface area contributed by atoms with Gasteiger partial charge in [-0.15, -0.1) is 0 Å². The zero-order valence-corrected chi connectivity index (χ0v) is 12.9. The molecular formula is C18H18NO3. The lowest BCUT2D eigenvalue weighted by atomic mass is 10.0. The zero-order valence-electron chi connectivity index (χ0n) is 12.9. The van der Waals surface area contributed by atoms with Gasteiger partial charge in [-0.1, -0.05) is 6.07 Å². The average Bonchev–Trinajstić information content (AvgIpc) is 3.01. The van der Waals surface area contributed by atoms with Crippen LogP contribution in [0.4, 0.5) is 0 Å². The normalized spacial score (nSPS) is 10.7. The number of hydrogen-bond acceptors (Lipinski definition) is 3. The van der Waals surface area contributed by atoms with Crippen LogP contribution < -0.4 is 14.2 Å². The predicted molar refractivity (Wildman–Crippen MR) is 86.0 cm³/mol. The van der Waals surface area contributed by atoms with Crippen molar-refractivity contribution < 1.29 is 14.2 Å². The maximum atomic E-state index is 5.40. The molecule has 0 amide bonds. The summed E-state index contributed by atoms with van der Waals surface area (Å²) < 4.78 is 16.1. The Balaban J connectivity index is 1.97. The predicted octanol–water partition coefficient (Wildman–Crippen LogP) is 3.58. The first kappa shape index (κ1) is 14.3. The van der Waals surface area contributed by atoms with Gasteiger partial charge in [0.25, 0.3) is 0 Å². The van der Waals surface area contributed by atoms with Crippen LogP contribution in [0.25, 0.3) is 10.9 Å². The molecule has 0 aliphatic carbocycles. The van der Waals surface area contributed by atoms with Gasteiger partial charge in [-0.25, -0.2) is 0 Å². The van der Waals surface area contributed by atoms with E-state index in [0.717, 1.165) is 22.9 Å². The van der Waals surface area contributed by atoms with E-state index in [1.807, 2.05) is 18.3 Å². The van der Waals surface area contributed by atoms with Gasteiger partial charge in [0.05, 0.1) is 21.3 Å². The first-order valence-electron chi connectivity index (χ1n) is 7.01. The number of nitrogens with one attached hydrogen (secondary N) is 1. The second kappa shape index (κ2) is 6.02. The molecule has 0 spiro atoms. The van der Waals surface area contributed by atoms with Crippen LogP contribution in [0.1, 0.15) is 11.1 Å². The fourth-order valence-corrected chi connectivity index (χ4v) is 2.61. The van der Waals surface area contributed by atoms with Gasteiger partial charge in [0, 0.05) is 23.2 Å². The number of ether oxygens (including phenoxy) is 3. The van der Waals surface area contributed by atoms with Crippen molar-refractivity contribution in [2.45, 2.75) is 6.42 Å². The van der Waals surface area contributed by atoms with Crippen LogP contribution in [-0.2, 0) is 6.42 Å². The van der Waals surface area contributed by atoms with E-state index < -0.39 is 0 Å². The molecule has 0 aliphatic heterocycles. The highest BCUT2D eigenvalue weighted by atomic mass is 16.5. The maximum Gasteiger partial charge on any atom is 0.203 e. The molecule has 0 aliphatic rings. The minimum atomic E-state index is 0.614. The van der Waals surface area contributed by atoms with Crippen molar-refractivity contribution in [2.24, 2.45) is 0 Å². The Labute approximate surface area is 129 Å². The molecule has 1 heterocycles. The molecule has 22 heavy (non-hydrogen) atoms. The number of fused-ring (bicyclic) bond motifs is 1. The lowest BCUT2D eigenvalue weighted by Crippen LogP contribution is -1.97. The molecule has 1 N–H and O–H groups in total. The highest BCUT2D eigenvalue weighted by molar-refractivity contribution is 5.79. The summed E-state index contributed by atoms with van der Waals surface area (Å²) in [5.41, 5.74) is 3.40. The SMILES string of the molecule is COc1cc(Cc2ccc3[nH]c[c]c3c2)cc(OC)c1OC. The molecule has 0 saturated heterocycles. The second-order valence-electron chi connectivity index (χ2n) is 5.02. The topological polar surface area (TPSA) is 43.5 Å². The van der Waals surface area contributed by atoms with Crippen molar-refractivity contribution in [1.82, 2.24) is 4.98 Å². The zero-order chi connectivity index (χ0) is 15.5. The van der Waals surface area contributed by atoms with Crippen LogP contribution in [0.15, 0.2) is 36.5 Å². The third-order valence-electron chi connectivity index (χ3n) is 3.67. The summed E-state index contributed by atoms with van der Waals surface area (Å²) in [5.74, 6) is 1.96. The molecule has 0 bridgehead atoms. The number of methoxy groups -OCH3 is 3. The van der Waals surface area contributed by atoms with Crippen molar-refractivity contribution in [3.63, 3.8) is 0 Å². The Hall–Kier alpha value is -2.62. The molecule has 4 heteroatoms. The van der Waals surface area contributed by atoms with E-state index in [1.165, 1.54) is 5.56 Å². The molecule has 0 atom stereocenters. The Morgan fingerprint density at radius 3 is 2.27 bits per heavy atom. The smallest absolute Gasteiger partial charge is 0.203 e. The summed E-state index contributed by atoms with van der Waals surface area (Å²) in [6.07, 6.45) is 2.61. The van der Waals surface area contributed by atoms with Gasteiger partial charge in [-0.3, -0.25) is 0 Å². The van der Waals surface area contributed by atoms with Gasteiger partial charge in [-0.05, 0) is 41.8 Å². The molecule has 4 nitrogen and oxygen atoms in total. The lowest BCUT2D eigenvalue weighted by Gasteiger charge is -2.14. The van der Waals surface area contributed by atoms with Crippen LogP contribution >= 0.6 is 0 Å². The Bertz CT molecular complexity index is 767. The number of hydrogen-bond donors (Lipinski definition) is 1. The maximum absolute atomic E-state index is 5.40. The van der Waals surface area contributed by atoms with Gasteiger partial charge < -0.3 is 19.2 Å². The van der Waals surface area contributed by atoms with Crippen LogP contribution in [0, 0.1) is 6.07 Å². The highest BCUT2D eigenvalue weighted by Crippen LogP contribution is 2.38. The van der Waals surface area contributed by atoms with Gasteiger partial charge in [0.1, 0.15) is 0 Å². The number of rotatable bonds is 5. The van der Waals surface area contributed by atoms with E-state index in [0.29, 0.717) is 17.2 Å². The first-order valence-corrected chi connectivity index (χ1v) is 7.01. The Morgan fingerprint density at radius 1 is 0.909 bits per heavy atom. The molecule has 0 fully saturated rings. The molecule has 2 aromatic carbocycles. The molecule has 1 aromatic heterocycles. The number of benzene rings is 2. The van der Waals surface area contributed by atoms with Crippen molar-refractivity contribution in [1.29, 1.82) is 0 Å². The summed E-state index contributed by atoms with van der Waals surface area (Å²) >= 11 is 0. The minimum Gasteiger partial charge on any atom is -0.493 e. The Morgan fingerprint density at radius 2 is 1.64 bits per heavy atom. The number of aromatic nitrogens is 1. The van der Waals surface area contributed by atoms with Gasteiger partial charge in [-0.2, -0.15) is 0 Å². The van der Waals surface area contributed by atoms with Crippen LogP contribution in [-0.4, -0.2) is 26.3 Å². The molecule has 1 radical (unpaired) electrons. The summed E-state index contributed by atoms with van der Waals surface area (Å²) in [7, 11) is 4.86. The standard InChI is InChI=1S/C18H18NO3/c1-20-16-10-13(11-17(21-2)18(16)22-3)8-12-4-5-15-14(9-12)6-7-19-15/h4-5,7,9-11,19H,8H2,1-3H3. The van der Waals surface area contributed by atoms with E-state index >= 15 is 0 Å². The number of aromatic amines is 1. The quantitative estimate of drug-likeness (QED) is 0.782. The van der Waals surface area contributed by atoms with Crippen molar-refractivity contribution >= 4 is 10.9 Å². The third kappa shape index (κ3) is 2.60. The fourth-order valence-electron chi connectivity index (χ4n) is 2.61. The highest BCUT2D eigenvalue weighted by Gasteiger charge is 2.13. The molecule has 0 saturated carbocycles. The van der Waals surface area contributed by atoms with E-state index in [-0.39, 0.29) is 0 Å². The molecular weight excluding hydrogens is 278 g/mol. The summed E-state index contributed by atoms with van der Waals surface area (Å²) in [5, 5.41) is 1.09. The molecule has 3 aromatic rings. The fraction of sp³-hybridized carbons (Fsp3) is 0.222. The molecule has 3 rings (SSSR count). The van der Waals surface area contributed by atoms with E-state index in [1.54, 1.807) is 21.3 Å². The second-order valence-corrected chi connectivity index (χ2v) is 5.02. The van der Waals surface area contributed by atoms with Crippen molar-refractivity contribution in [3.05, 3.63) is 53.7 Å². The van der Waals surface area contributed by atoms with Crippen molar-refractivity contribution in [2.75, 3.05) is 21.3 Å². The number of H-pyrrole nitrogens is 1. The van der Waals surface area contributed by atoms with Gasteiger partial charge >= 0.3 is 0 Å². The summed E-state index contributed by atoms with van der Waals surface area (Å²) in [6, 6.07) is 13.5. The van der Waals surface area contributed by atoms with Crippen LogP contribution in [0.3, 0.4) is 0 Å². The van der Waals surface area contributed by atoms with E-state index in [4.69, 9.17) is 14.2 Å². The average molecular weight is 296 g/mol. The first-order chi connectivity index (χ1) is 10.7. The summed E-state index contributed by atoms with van der Waals surface area (Å²) in [6.45, 7) is 0. The lowest BCUT2D eigenvalue weighted by molar-refractivity contribution is 0.324. The van der Waals surface area contributed by atoms with E-state index in [9.17, 15) is 0 Å². The minimum absolute atomic E-state index is 0.614. The van der Waals surface area contributed by atoms with Crippen molar-refractivity contribution in [3.8, 4) is 17.2 Å². The van der Waals surface area contributed by atoms with Gasteiger partial charge in [0.15, 0.2) is 11.5 Å². The summed E-state index contributed by atoms with van der Waals surface area (Å²) in [4.78, 5) is 3.15. The van der Waals surface area contributed by atoms with Crippen LogP contribution in [0.2, 0.25) is 0 Å².